The molecule has 5 nitrogen and oxygen atoms in total. The van der Waals surface area contributed by atoms with E-state index in [9.17, 15) is 9.59 Å². The number of carbonyl (C=O) groups is 2. The highest BCUT2D eigenvalue weighted by atomic mass is 35.5. The average Bonchev–Trinajstić information content (AvgIpc) is 3.01. The molecule has 0 radical (unpaired) electrons. The standard InChI is InChI=1S/C15H13Cl2N3O2S/c16-10-3-4-13(12(17)8-10)19-14(21)5-6-15(22)20-18-9-11-2-1-7-23-11/h1-4,7-9H,5-6H2,(H,19,21)(H,20,22)/b18-9+. The van der Waals surface area contributed by atoms with Crippen molar-refractivity contribution < 1.29 is 9.59 Å². The Hall–Kier alpha value is -1.89. The van der Waals surface area contributed by atoms with E-state index in [0.717, 1.165) is 4.88 Å². The molecule has 1 aromatic carbocycles. The van der Waals surface area contributed by atoms with Crippen molar-refractivity contribution in [3.63, 3.8) is 0 Å². The summed E-state index contributed by atoms with van der Waals surface area (Å²) in [6.07, 6.45) is 1.61. The van der Waals surface area contributed by atoms with E-state index in [4.69, 9.17) is 23.2 Å². The predicted octanol–water partition coefficient (Wildman–Crippen LogP) is 3.92. The Labute approximate surface area is 147 Å². The smallest absolute Gasteiger partial charge is 0.240 e. The van der Waals surface area contributed by atoms with E-state index >= 15 is 0 Å². The largest absolute Gasteiger partial charge is 0.325 e. The van der Waals surface area contributed by atoms with Crippen LogP contribution in [-0.2, 0) is 9.59 Å². The zero-order chi connectivity index (χ0) is 16.7. The van der Waals surface area contributed by atoms with E-state index in [1.165, 1.54) is 17.4 Å². The lowest BCUT2D eigenvalue weighted by atomic mass is 10.2. The summed E-state index contributed by atoms with van der Waals surface area (Å²) in [5.74, 6) is -0.651. The molecule has 2 amide bonds. The van der Waals surface area contributed by atoms with Gasteiger partial charge in [-0.1, -0.05) is 29.3 Å². The van der Waals surface area contributed by atoms with Crippen molar-refractivity contribution in [3.05, 3.63) is 50.6 Å². The number of rotatable bonds is 6. The van der Waals surface area contributed by atoms with Crippen LogP contribution in [0, 0.1) is 0 Å². The molecule has 1 heterocycles. The fraction of sp³-hybridized carbons (Fsp3) is 0.133. The summed E-state index contributed by atoms with van der Waals surface area (Å²) >= 11 is 13.2. The maximum Gasteiger partial charge on any atom is 0.240 e. The van der Waals surface area contributed by atoms with Crippen LogP contribution in [0.3, 0.4) is 0 Å². The normalized spacial score (nSPS) is 10.7. The minimum Gasteiger partial charge on any atom is -0.325 e. The van der Waals surface area contributed by atoms with Crippen LogP contribution in [0.2, 0.25) is 10.0 Å². The van der Waals surface area contributed by atoms with Crippen molar-refractivity contribution in [3.8, 4) is 0 Å². The van der Waals surface area contributed by atoms with Gasteiger partial charge in [-0.15, -0.1) is 11.3 Å². The summed E-state index contributed by atoms with van der Waals surface area (Å²) in [5.41, 5.74) is 2.83. The van der Waals surface area contributed by atoms with Gasteiger partial charge in [0, 0.05) is 22.7 Å². The first-order valence-corrected chi connectivity index (χ1v) is 8.28. The topological polar surface area (TPSA) is 70.6 Å². The Morgan fingerprint density at radius 3 is 2.65 bits per heavy atom. The third kappa shape index (κ3) is 6.02. The number of halogens is 2. The summed E-state index contributed by atoms with van der Waals surface area (Å²) in [4.78, 5) is 24.3. The van der Waals surface area contributed by atoms with Gasteiger partial charge in [-0.05, 0) is 29.6 Å². The summed E-state index contributed by atoms with van der Waals surface area (Å²) in [7, 11) is 0. The minimum atomic E-state index is -0.338. The summed E-state index contributed by atoms with van der Waals surface area (Å²) < 4.78 is 0. The van der Waals surface area contributed by atoms with E-state index in [1.807, 2.05) is 17.5 Å². The predicted molar refractivity (Wildman–Crippen MR) is 94.4 cm³/mol. The number of amides is 2. The molecule has 0 saturated carbocycles. The van der Waals surface area contributed by atoms with Crippen LogP contribution in [0.4, 0.5) is 5.69 Å². The van der Waals surface area contributed by atoms with E-state index < -0.39 is 0 Å². The highest BCUT2D eigenvalue weighted by molar-refractivity contribution is 7.11. The van der Waals surface area contributed by atoms with Crippen molar-refractivity contribution in [1.29, 1.82) is 0 Å². The minimum absolute atomic E-state index is 0.0266. The second-order valence-corrected chi connectivity index (χ2v) is 6.30. The van der Waals surface area contributed by atoms with E-state index in [0.29, 0.717) is 15.7 Å². The molecule has 120 valence electrons. The summed E-state index contributed by atoms with van der Waals surface area (Å²) in [5, 5.41) is 9.18. The summed E-state index contributed by atoms with van der Waals surface area (Å²) in [6, 6.07) is 8.53. The van der Waals surface area contributed by atoms with Crippen LogP contribution in [0.1, 0.15) is 17.7 Å². The maximum atomic E-state index is 11.8. The molecule has 0 saturated heterocycles. The Morgan fingerprint density at radius 1 is 1.17 bits per heavy atom. The van der Waals surface area contributed by atoms with Gasteiger partial charge in [0.1, 0.15) is 0 Å². The van der Waals surface area contributed by atoms with Crippen molar-refractivity contribution in [1.82, 2.24) is 5.43 Å². The molecule has 2 N–H and O–H groups in total. The van der Waals surface area contributed by atoms with Crippen LogP contribution in [0.15, 0.2) is 40.8 Å². The highest BCUT2D eigenvalue weighted by Crippen LogP contribution is 2.25. The van der Waals surface area contributed by atoms with E-state index in [-0.39, 0.29) is 24.7 Å². The number of thiophene rings is 1. The van der Waals surface area contributed by atoms with Crippen molar-refractivity contribution >= 4 is 58.3 Å². The Bertz CT molecular complexity index is 718. The van der Waals surface area contributed by atoms with Crippen LogP contribution in [0.25, 0.3) is 0 Å². The van der Waals surface area contributed by atoms with Crippen LogP contribution < -0.4 is 10.7 Å². The summed E-state index contributed by atoms with van der Waals surface area (Å²) in [6.45, 7) is 0. The molecule has 0 atom stereocenters. The lowest BCUT2D eigenvalue weighted by molar-refractivity contribution is -0.124. The fourth-order valence-corrected chi connectivity index (χ4v) is 2.66. The molecule has 1 aromatic heterocycles. The Balaban J connectivity index is 1.74. The molecule has 8 heteroatoms. The number of hydrogen-bond acceptors (Lipinski definition) is 4. The first kappa shape index (κ1) is 17.5. The van der Waals surface area contributed by atoms with Crippen molar-refractivity contribution in [2.24, 2.45) is 5.10 Å². The van der Waals surface area contributed by atoms with Gasteiger partial charge in [-0.25, -0.2) is 5.43 Å². The molecular formula is C15H13Cl2N3O2S. The lowest BCUT2D eigenvalue weighted by Gasteiger charge is -2.07. The molecule has 0 bridgehead atoms. The quantitative estimate of drug-likeness (QED) is 0.598. The van der Waals surface area contributed by atoms with Crippen LogP contribution in [0.5, 0.6) is 0 Å². The van der Waals surface area contributed by atoms with Crippen LogP contribution in [-0.4, -0.2) is 18.0 Å². The number of hydrogen-bond donors (Lipinski definition) is 2. The van der Waals surface area contributed by atoms with E-state index in [2.05, 4.69) is 15.8 Å². The third-order valence-corrected chi connectivity index (χ3v) is 4.06. The van der Waals surface area contributed by atoms with Gasteiger partial charge < -0.3 is 5.32 Å². The second-order valence-electron chi connectivity index (χ2n) is 4.48. The first-order chi connectivity index (χ1) is 11.0. The molecule has 0 aliphatic heterocycles. The van der Waals surface area contributed by atoms with Crippen molar-refractivity contribution in [2.75, 3.05) is 5.32 Å². The van der Waals surface area contributed by atoms with Crippen molar-refractivity contribution in [2.45, 2.75) is 12.8 Å². The van der Waals surface area contributed by atoms with Gasteiger partial charge >= 0.3 is 0 Å². The highest BCUT2D eigenvalue weighted by Gasteiger charge is 2.09. The first-order valence-electron chi connectivity index (χ1n) is 6.65. The number of anilines is 1. The van der Waals surface area contributed by atoms with Gasteiger partial charge in [-0.3, -0.25) is 9.59 Å². The van der Waals surface area contributed by atoms with Gasteiger partial charge in [0.25, 0.3) is 0 Å². The Kier molecular flexibility index (Phi) is 6.58. The molecule has 23 heavy (non-hydrogen) atoms. The van der Waals surface area contributed by atoms with E-state index in [1.54, 1.807) is 18.3 Å². The monoisotopic (exact) mass is 369 g/mol. The molecule has 2 rings (SSSR count). The molecule has 0 fully saturated rings. The molecule has 0 spiro atoms. The molecule has 0 aliphatic carbocycles. The lowest BCUT2D eigenvalue weighted by Crippen LogP contribution is -2.20. The molecule has 0 unspecified atom stereocenters. The Morgan fingerprint density at radius 2 is 1.96 bits per heavy atom. The fourth-order valence-electron chi connectivity index (χ4n) is 1.62. The van der Waals surface area contributed by atoms with Gasteiger partial charge in [0.15, 0.2) is 0 Å². The molecule has 0 aliphatic rings. The number of nitrogens with one attached hydrogen (secondary N) is 2. The van der Waals surface area contributed by atoms with Gasteiger partial charge in [-0.2, -0.15) is 5.10 Å². The number of nitrogens with zero attached hydrogens (tertiary/aromatic N) is 1. The SMILES string of the molecule is O=C(CCC(=O)Nc1ccc(Cl)cc1Cl)N/N=C/c1cccs1. The van der Waals surface area contributed by atoms with Gasteiger partial charge in [0.05, 0.1) is 16.9 Å². The van der Waals surface area contributed by atoms with Crippen LogP contribution >= 0.6 is 34.5 Å². The number of carbonyl (C=O) groups excluding carboxylic acids is 2. The maximum absolute atomic E-state index is 11.8. The zero-order valence-corrected chi connectivity index (χ0v) is 14.2. The number of benzene rings is 1. The zero-order valence-electron chi connectivity index (χ0n) is 11.9. The molecular weight excluding hydrogens is 357 g/mol. The average molecular weight is 370 g/mol. The second kappa shape index (κ2) is 8.67. The van der Waals surface area contributed by atoms with Gasteiger partial charge in [0.2, 0.25) is 11.8 Å². The third-order valence-electron chi connectivity index (χ3n) is 2.71. The molecule has 2 aromatic rings. The number of hydrazone groups is 1.